The molecule has 7 nitrogen and oxygen atoms in total. The number of benzene rings is 2. The monoisotopic (exact) mass is 462 g/mol. The maximum Gasteiger partial charge on any atom is 0.338 e. The minimum atomic E-state index is -0.562. The predicted molar refractivity (Wildman–Crippen MR) is 109 cm³/mol. The van der Waals surface area contributed by atoms with E-state index in [4.69, 9.17) is 9.47 Å². The Bertz CT molecular complexity index is 1050. The maximum atomic E-state index is 12.2. The minimum absolute atomic E-state index is 0.00167. The van der Waals surface area contributed by atoms with Crippen LogP contribution >= 0.6 is 27.3 Å². The number of esters is 1. The number of nitro benzene ring substituents is 1. The molecule has 0 unspecified atom stereocenters. The van der Waals surface area contributed by atoms with Crippen LogP contribution in [0, 0.1) is 17.0 Å². The largest absolute Gasteiger partial charge is 0.496 e. The normalized spacial score (nSPS) is 10.5. The van der Waals surface area contributed by atoms with Crippen molar-refractivity contribution in [3.05, 3.63) is 73.2 Å². The van der Waals surface area contributed by atoms with Gasteiger partial charge in [0, 0.05) is 21.5 Å². The van der Waals surface area contributed by atoms with E-state index in [-0.39, 0.29) is 17.9 Å². The number of rotatable bonds is 6. The van der Waals surface area contributed by atoms with Gasteiger partial charge in [0.1, 0.15) is 17.4 Å². The van der Waals surface area contributed by atoms with E-state index in [2.05, 4.69) is 20.9 Å². The summed E-state index contributed by atoms with van der Waals surface area (Å²) in [6.45, 7) is 1.58. The highest BCUT2D eigenvalue weighted by atomic mass is 79.9. The van der Waals surface area contributed by atoms with Crippen LogP contribution in [0.3, 0.4) is 0 Å². The second kappa shape index (κ2) is 8.49. The molecule has 3 aromatic rings. The SMILES string of the molecule is COc1ccc(Br)cc1-c1nc(COC(=O)c2ccc([N+](=O)[O-])c(C)c2)cs1. The molecule has 0 bridgehead atoms. The summed E-state index contributed by atoms with van der Waals surface area (Å²) in [5.41, 5.74) is 2.06. The molecule has 1 aromatic heterocycles. The van der Waals surface area contributed by atoms with Crippen LogP contribution in [0.1, 0.15) is 21.6 Å². The Hall–Kier alpha value is -2.78. The Morgan fingerprint density at radius 2 is 2.07 bits per heavy atom. The number of carbonyl (C=O) groups is 1. The van der Waals surface area contributed by atoms with Crippen LogP contribution < -0.4 is 4.74 Å². The van der Waals surface area contributed by atoms with Crippen LogP contribution in [-0.2, 0) is 11.3 Å². The van der Waals surface area contributed by atoms with E-state index in [0.717, 1.165) is 15.0 Å². The molecule has 0 saturated carbocycles. The van der Waals surface area contributed by atoms with Crippen molar-refractivity contribution in [3.8, 4) is 16.3 Å². The summed E-state index contributed by atoms with van der Waals surface area (Å²) < 4.78 is 11.6. The Morgan fingerprint density at radius 3 is 2.75 bits per heavy atom. The number of aromatic nitrogens is 1. The summed E-state index contributed by atoms with van der Waals surface area (Å²) in [6, 6.07) is 9.76. The molecule has 0 spiro atoms. The first-order valence-electron chi connectivity index (χ1n) is 8.09. The maximum absolute atomic E-state index is 12.2. The fourth-order valence-corrected chi connectivity index (χ4v) is 3.74. The van der Waals surface area contributed by atoms with Crippen LogP contribution in [0.15, 0.2) is 46.3 Å². The third-order valence-electron chi connectivity index (χ3n) is 3.92. The molecule has 3 rings (SSSR count). The van der Waals surface area contributed by atoms with Crippen molar-refractivity contribution in [1.29, 1.82) is 0 Å². The number of halogens is 1. The number of aryl methyl sites for hydroxylation is 1. The highest BCUT2D eigenvalue weighted by Crippen LogP contribution is 2.34. The molecule has 0 N–H and O–H groups in total. The van der Waals surface area contributed by atoms with E-state index in [1.807, 2.05) is 23.6 Å². The Labute approximate surface area is 173 Å². The van der Waals surface area contributed by atoms with Crippen LogP contribution in [0.5, 0.6) is 5.75 Å². The van der Waals surface area contributed by atoms with Crippen molar-refractivity contribution in [1.82, 2.24) is 4.98 Å². The van der Waals surface area contributed by atoms with Crippen LogP contribution in [0.25, 0.3) is 10.6 Å². The van der Waals surface area contributed by atoms with Gasteiger partial charge < -0.3 is 9.47 Å². The predicted octanol–water partition coefficient (Wildman–Crippen LogP) is 5.15. The van der Waals surface area contributed by atoms with Crippen molar-refractivity contribution in [3.63, 3.8) is 0 Å². The molecule has 0 atom stereocenters. The van der Waals surface area contributed by atoms with Crippen molar-refractivity contribution in [2.24, 2.45) is 0 Å². The highest BCUT2D eigenvalue weighted by Gasteiger charge is 2.16. The number of ether oxygens (including phenoxy) is 2. The molecule has 28 heavy (non-hydrogen) atoms. The van der Waals surface area contributed by atoms with E-state index in [9.17, 15) is 14.9 Å². The topological polar surface area (TPSA) is 91.6 Å². The summed E-state index contributed by atoms with van der Waals surface area (Å²) in [5, 5.41) is 13.4. The molecule has 0 aliphatic heterocycles. The molecule has 0 amide bonds. The van der Waals surface area contributed by atoms with Gasteiger partial charge >= 0.3 is 5.97 Å². The Balaban J connectivity index is 1.71. The highest BCUT2D eigenvalue weighted by molar-refractivity contribution is 9.10. The zero-order chi connectivity index (χ0) is 20.3. The molecule has 1 heterocycles. The van der Waals surface area contributed by atoms with Crippen molar-refractivity contribution in [2.45, 2.75) is 13.5 Å². The molecule has 0 radical (unpaired) electrons. The summed E-state index contributed by atoms with van der Waals surface area (Å²) >= 11 is 4.85. The lowest BCUT2D eigenvalue weighted by molar-refractivity contribution is -0.385. The zero-order valence-electron chi connectivity index (χ0n) is 15.0. The second-order valence-corrected chi connectivity index (χ2v) is 7.60. The van der Waals surface area contributed by atoms with E-state index in [1.165, 1.54) is 29.5 Å². The van der Waals surface area contributed by atoms with Crippen molar-refractivity contribution >= 4 is 38.9 Å². The van der Waals surface area contributed by atoms with E-state index >= 15 is 0 Å². The summed E-state index contributed by atoms with van der Waals surface area (Å²) in [6.07, 6.45) is 0. The van der Waals surface area contributed by atoms with E-state index in [0.29, 0.717) is 17.0 Å². The number of nitro groups is 1. The molecule has 2 aromatic carbocycles. The number of nitrogens with zero attached hydrogens (tertiary/aromatic N) is 2. The van der Waals surface area contributed by atoms with Gasteiger partial charge in [-0.15, -0.1) is 11.3 Å². The van der Waals surface area contributed by atoms with Gasteiger partial charge in [-0.2, -0.15) is 0 Å². The zero-order valence-corrected chi connectivity index (χ0v) is 17.4. The number of methoxy groups -OCH3 is 1. The first-order valence-corrected chi connectivity index (χ1v) is 9.77. The summed E-state index contributed by atoms with van der Waals surface area (Å²) in [7, 11) is 1.59. The third kappa shape index (κ3) is 4.37. The second-order valence-electron chi connectivity index (χ2n) is 5.82. The smallest absolute Gasteiger partial charge is 0.338 e. The van der Waals surface area contributed by atoms with Gasteiger partial charge in [-0.3, -0.25) is 10.1 Å². The average molecular weight is 463 g/mol. The average Bonchev–Trinajstić information content (AvgIpc) is 3.14. The van der Waals surface area contributed by atoms with Crippen molar-refractivity contribution in [2.75, 3.05) is 7.11 Å². The van der Waals surface area contributed by atoms with E-state index < -0.39 is 10.9 Å². The van der Waals surface area contributed by atoms with Gasteiger partial charge in [0.25, 0.3) is 5.69 Å². The lowest BCUT2D eigenvalue weighted by Gasteiger charge is -2.06. The molecular weight excluding hydrogens is 448 g/mol. The van der Waals surface area contributed by atoms with Crippen LogP contribution in [0.2, 0.25) is 0 Å². The molecule has 144 valence electrons. The molecule has 9 heteroatoms. The molecular formula is C19H15BrN2O5S. The minimum Gasteiger partial charge on any atom is -0.496 e. The van der Waals surface area contributed by atoms with Crippen LogP contribution in [0.4, 0.5) is 5.69 Å². The first-order chi connectivity index (χ1) is 13.4. The van der Waals surface area contributed by atoms with Gasteiger partial charge in [0.05, 0.1) is 28.9 Å². The quantitative estimate of drug-likeness (QED) is 0.285. The Morgan fingerprint density at radius 1 is 1.29 bits per heavy atom. The number of thiazole rings is 1. The number of hydrogen-bond donors (Lipinski definition) is 0. The third-order valence-corrected chi connectivity index (χ3v) is 5.34. The molecule has 0 saturated heterocycles. The number of hydrogen-bond acceptors (Lipinski definition) is 7. The summed E-state index contributed by atoms with van der Waals surface area (Å²) in [4.78, 5) is 27.1. The Kier molecular flexibility index (Phi) is 6.05. The first kappa shape index (κ1) is 20.0. The molecule has 0 aliphatic carbocycles. The van der Waals surface area contributed by atoms with Crippen LogP contribution in [-0.4, -0.2) is 23.0 Å². The van der Waals surface area contributed by atoms with E-state index in [1.54, 1.807) is 14.0 Å². The number of carbonyl (C=O) groups excluding carboxylic acids is 1. The molecule has 0 aliphatic rings. The molecule has 0 fully saturated rings. The van der Waals surface area contributed by atoms with Gasteiger partial charge in [0.15, 0.2) is 0 Å². The van der Waals surface area contributed by atoms with Crippen molar-refractivity contribution < 1.29 is 19.2 Å². The van der Waals surface area contributed by atoms with Gasteiger partial charge in [-0.25, -0.2) is 9.78 Å². The fourth-order valence-electron chi connectivity index (χ4n) is 2.55. The van der Waals surface area contributed by atoms with Gasteiger partial charge in [-0.1, -0.05) is 15.9 Å². The fraction of sp³-hybridized carbons (Fsp3) is 0.158. The standard InChI is InChI=1S/C19H15BrN2O5S/c1-11-7-12(3-5-16(11)22(24)25)19(23)27-9-14-10-28-18(21-14)15-8-13(20)4-6-17(15)26-2/h3-8,10H,9H2,1-2H3. The summed E-state index contributed by atoms with van der Waals surface area (Å²) in [5.74, 6) is 0.134. The van der Waals surface area contributed by atoms with Gasteiger partial charge in [-0.05, 0) is 37.3 Å². The lowest BCUT2D eigenvalue weighted by Crippen LogP contribution is -2.06. The van der Waals surface area contributed by atoms with Gasteiger partial charge in [0.2, 0.25) is 0 Å². The lowest BCUT2D eigenvalue weighted by atomic mass is 10.1.